The number of rotatable bonds is 3. The van der Waals surface area contributed by atoms with Crippen molar-refractivity contribution in [3.05, 3.63) is 29.8 Å². The highest BCUT2D eigenvalue weighted by molar-refractivity contribution is 7.89. The Bertz CT molecular complexity index is 549. The lowest BCUT2D eigenvalue weighted by Gasteiger charge is -2.23. The highest BCUT2D eigenvalue weighted by Gasteiger charge is 2.31. The zero-order valence-corrected chi connectivity index (χ0v) is 11.4. The van der Waals surface area contributed by atoms with Gasteiger partial charge in [-0.15, -0.1) is 0 Å². The SMILES string of the molecule is O=S(=O)(N[C@H]1CCCNC1)c1ccc(C(F)(F)F)cc1. The van der Waals surface area contributed by atoms with E-state index in [4.69, 9.17) is 0 Å². The Morgan fingerprint density at radius 2 is 1.85 bits per heavy atom. The van der Waals surface area contributed by atoms with Gasteiger partial charge >= 0.3 is 6.18 Å². The summed E-state index contributed by atoms with van der Waals surface area (Å²) in [5.41, 5.74) is -0.865. The molecule has 1 aromatic carbocycles. The third kappa shape index (κ3) is 3.71. The van der Waals surface area contributed by atoms with Gasteiger partial charge < -0.3 is 5.32 Å². The van der Waals surface area contributed by atoms with Crippen molar-refractivity contribution in [1.29, 1.82) is 0 Å². The number of halogens is 3. The molecule has 0 amide bonds. The van der Waals surface area contributed by atoms with Gasteiger partial charge in [-0.25, -0.2) is 13.1 Å². The number of sulfonamides is 1. The number of nitrogens with one attached hydrogen (secondary N) is 2. The van der Waals surface area contributed by atoms with Crippen molar-refractivity contribution in [2.45, 2.75) is 30.0 Å². The van der Waals surface area contributed by atoms with Crippen molar-refractivity contribution < 1.29 is 21.6 Å². The fraction of sp³-hybridized carbons (Fsp3) is 0.500. The summed E-state index contributed by atoms with van der Waals surface area (Å²) in [5, 5.41) is 3.06. The molecule has 0 radical (unpaired) electrons. The minimum Gasteiger partial charge on any atom is -0.315 e. The van der Waals surface area contributed by atoms with E-state index in [9.17, 15) is 21.6 Å². The maximum absolute atomic E-state index is 12.4. The molecule has 112 valence electrons. The smallest absolute Gasteiger partial charge is 0.315 e. The maximum atomic E-state index is 12.4. The zero-order chi connectivity index (χ0) is 14.8. The summed E-state index contributed by atoms with van der Waals surface area (Å²) < 4.78 is 63.8. The van der Waals surface area contributed by atoms with Gasteiger partial charge in [0.1, 0.15) is 0 Å². The summed E-state index contributed by atoms with van der Waals surface area (Å²) in [7, 11) is -3.78. The molecule has 0 aliphatic carbocycles. The van der Waals surface area contributed by atoms with E-state index in [1.165, 1.54) is 0 Å². The van der Waals surface area contributed by atoms with Crippen LogP contribution < -0.4 is 10.0 Å². The maximum Gasteiger partial charge on any atom is 0.416 e. The number of hydrogen-bond acceptors (Lipinski definition) is 3. The van der Waals surface area contributed by atoms with E-state index in [0.717, 1.165) is 37.2 Å². The van der Waals surface area contributed by atoms with E-state index in [0.29, 0.717) is 13.0 Å². The lowest BCUT2D eigenvalue weighted by atomic mass is 10.1. The topological polar surface area (TPSA) is 58.2 Å². The average molecular weight is 308 g/mol. The second kappa shape index (κ2) is 5.71. The van der Waals surface area contributed by atoms with Crippen LogP contribution >= 0.6 is 0 Å². The van der Waals surface area contributed by atoms with Gasteiger partial charge in [0.2, 0.25) is 10.0 Å². The predicted molar refractivity (Wildman–Crippen MR) is 67.7 cm³/mol. The fourth-order valence-electron chi connectivity index (χ4n) is 2.06. The molecule has 0 saturated carbocycles. The van der Waals surface area contributed by atoms with E-state index in [1.54, 1.807) is 0 Å². The van der Waals surface area contributed by atoms with E-state index in [-0.39, 0.29) is 10.9 Å². The van der Waals surface area contributed by atoms with E-state index in [1.807, 2.05) is 0 Å². The summed E-state index contributed by atoms with van der Waals surface area (Å²) >= 11 is 0. The van der Waals surface area contributed by atoms with Crippen LogP contribution in [-0.2, 0) is 16.2 Å². The van der Waals surface area contributed by atoms with Gasteiger partial charge in [-0.2, -0.15) is 13.2 Å². The molecule has 0 unspecified atom stereocenters. The van der Waals surface area contributed by atoms with Gasteiger partial charge in [0.25, 0.3) is 0 Å². The van der Waals surface area contributed by atoms with Crippen LogP contribution in [0.15, 0.2) is 29.2 Å². The minimum absolute atomic E-state index is 0.156. The molecule has 2 rings (SSSR count). The molecular weight excluding hydrogens is 293 g/mol. The normalized spacial score (nSPS) is 20.9. The van der Waals surface area contributed by atoms with Gasteiger partial charge in [0, 0.05) is 12.6 Å². The Hall–Kier alpha value is -1.12. The molecule has 1 saturated heterocycles. The highest BCUT2D eigenvalue weighted by Crippen LogP contribution is 2.29. The van der Waals surface area contributed by atoms with Gasteiger partial charge in [0.15, 0.2) is 0 Å². The summed E-state index contributed by atoms with van der Waals surface area (Å²) in [6.45, 7) is 1.37. The van der Waals surface area contributed by atoms with Crippen molar-refractivity contribution in [3.63, 3.8) is 0 Å². The summed E-state index contributed by atoms with van der Waals surface area (Å²) in [6.07, 6.45) is -2.89. The molecule has 1 aromatic rings. The summed E-state index contributed by atoms with van der Waals surface area (Å²) in [4.78, 5) is -0.156. The van der Waals surface area contributed by atoms with Crippen LogP contribution in [0.2, 0.25) is 0 Å². The highest BCUT2D eigenvalue weighted by atomic mass is 32.2. The van der Waals surface area contributed by atoms with Crippen LogP contribution in [0.25, 0.3) is 0 Å². The molecule has 2 N–H and O–H groups in total. The molecule has 0 aromatic heterocycles. The van der Waals surface area contributed by atoms with Gasteiger partial charge in [0.05, 0.1) is 10.5 Å². The van der Waals surface area contributed by atoms with Crippen LogP contribution in [0.3, 0.4) is 0 Å². The summed E-state index contributed by atoms with van der Waals surface area (Å²) in [6, 6.07) is 3.26. The second-order valence-corrected chi connectivity index (χ2v) is 6.40. The monoisotopic (exact) mass is 308 g/mol. The number of alkyl halides is 3. The Labute approximate surface area is 115 Å². The third-order valence-corrected chi connectivity index (χ3v) is 4.65. The van der Waals surface area contributed by atoms with Gasteiger partial charge in [-0.3, -0.25) is 0 Å². The molecule has 8 heteroatoms. The van der Waals surface area contributed by atoms with Crippen LogP contribution in [0.5, 0.6) is 0 Å². The van der Waals surface area contributed by atoms with Crippen LogP contribution in [-0.4, -0.2) is 27.5 Å². The quantitative estimate of drug-likeness (QED) is 0.894. The van der Waals surface area contributed by atoms with Crippen LogP contribution in [0.1, 0.15) is 18.4 Å². The first kappa shape index (κ1) is 15.3. The number of piperidine rings is 1. The molecule has 1 atom stereocenters. The lowest BCUT2D eigenvalue weighted by Crippen LogP contribution is -2.45. The van der Waals surface area contributed by atoms with Crippen LogP contribution in [0, 0.1) is 0 Å². The molecule has 4 nitrogen and oxygen atoms in total. The third-order valence-electron chi connectivity index (χ3n) is 3.11. The van der Waals surface area contributed by atoms with Gasteiger partial charge in [-0.05, 0) is 43.7 Å². The number of hydrogen-bond donors (Lipinski definition) is 2. The standard InChI is InChI=1S/C12H15F3N2O2S/c13-12(14,15)9-3-5-11(6-4-9)20(18,19)17-10-2-1-7-16-8-10/h3-6,10,16-17H,1-2,7-8H2/t10-/m0/s1. The predicted octanol–water partition coefficient (Wildman–Crippen LogP) is 1.74. The molecule has 1 fully saturated rings. The van der Waals surface area contributed by atoms with Crippen molar-refractivity contribution in [2.75, 3.05) is 13.1 Å². The molecule has 0 spiro atoms. The fourth-order valence-corrected chi connectivity index (χ4v) is 3.33. The molecular formula is C12H15F3N2O2S. The Balaban J connectivity index is 2.13. The lowest BCUT2D eigenvalue weighted by molar-refractivity contribution is -0.137. The van der Waals surface area contributed by atoms with E-state index >= 15 is 0 Å². The van der Waals surface area contributed by atoms with Crippen molar-refractivity contribution in [3.8, 4) is 0 Å². The molecule has 1 aliphatic heterocycles. The molecule has 0 bridgehead atoms. The van der Waals surface area contributed by atoms with Crippen molar-refractivity contribution >= 4 is 10.0 Å². The first-order valence-electron chi connectivity index (χ1n) is 6.19. The number of benzene rings is 1. The van der Waals surface area contributed by atoms with Crippen LogP contribution in [0.4, 0.5) is 13.2 Å². The minimum atomic E-state index is -4.47. The van der Waals surface area contributed by atoms with Gasteiger partial charge in [-0.1, -0.05) is 0 Å². The zero-order valence-electron chi connectivity index (χ0n) is 10.6. The van der Waals surface area contributed by atoms with Crippen molar-refractivity contribution in [2.24, 2.45) is 0 Å². The van der Waals surface area contributed by atoms with E-state index < -0.39 is 21.8 Å². The first-order chi connectivity index (χ1) is 9.29. The van der Waals surface area contributed by atoms with Crippen molar-refractivity contribution in [1.82, 2.24) is 10.0 Å². The Morgan fingerprint density at radius 3 is 2.35 bits per heavy atom. The van der Waals surface area contributed by atoms with E-state index in [2.05, 4.69) is 10.0 Å². The largest absolute Gasteiger partial charge is 0.416 e. The Kier molecular flexibility index (Phi) is 4.36. The second-order valence-electron chi connectivity index (χ2n) is 4.69. The molecule has 1 aliphatic rings. The first-order valence-corrected chi connectivity index (χ1v) is 7.68. The summed E-state index contributed by atoms with van der Waals surface area (Å²) in [5.74, 6) is 0. The Morgan fingerprint density at radius 1 is 1.20 bits per heavy atom. The molecule has 20 heavy (non-hydrogen) atoms. The molecule has 1 heterocycles. The average Bonchev–Trinajstić information content (AvgIpc) is 2.38.